The van der Waals surface area contributed by atoms with Gasteiger partial charge in [-0.15, -0.1) is 0 Å². The molecule has 1 unspecified atom stereocenters. The second-order valence-electron chi connectivity index (χ2n) is 6.68. The van der Waals surface area contributed by atoms with Gasteiger partial charge in [0.25, 0.3) is 0 Å². The SMILES string of the molecule is O=C(CNC(=O)Cc1ccccc1)NCC1CCN(c2ccccc2)C1. The molecule has 0 aromatic heterocycles. The molecule has 0 bridgehead atoms. The van der Waals surface area contributed by atoms with Crippen molar-refractivity contribution in [3.63, 3.8) is 0 Å². The lowest BCUT2D eigenvalue weighted by Gasteiger charge is -2.18. The summed E-state index contributed by atoms with van der Waals surface area (Å²) in [5.41, 5.74) is 2.17. The molecule has 1 aliphatic heterocycles. The van der Waals surface area contributed by atoms with Gasteiger partial charge in [-0.2, -0.15) is 0 Å². The maximum Gasteiger partial charge on any atom is 0.239 e. The Morgan fingerprint density at radius 3 is 2.35 bits per heavy atom. The molecule has 1 atom stereocenters. The molecule has 0 radical (unpaired) electrons. The Kier molecular flexibility index (Phi) is 6.25. The van der Waals surface area contributed by atoms with Gasteiger partial charge < -0.3 is 15.5 Å². The Morgan fingerprint density at radius 1 is 0.923 bits per heavy atom. The number of nitrogens with one attached hydrogen (secondary N) is 2. The van der Waals surface area contributed by atoms with Gasteiger partial charge >= 0.3 is 0 Å². The molecular formula is C21H25N3O2. The van der Waals surface area contributed by atoms with Crippen LogP contribution < -0.4 is 15.5 Å². The van der Waals surface area contributed by atoms with Gasteiger partial charge in [0.05, 0.1) is 13.0 Å². The molecule has 0 saturated carbocycles. The summed E-state index contributed by atoms with van der Waals surface area (Å²) in [5.74, 6) is 0.172. The highest BCUT2D eigenvalue weighted by Gasteiger charge is 2.22. The summed E-state index contributed by atoms with van der Waals surface area (Å²) < 4.78 is 0. The Bertz CT molecular complexity index is 719. The van der Waals surface area contributed by atoms with Crippen LogP contribution in [0, 0.1) is 5.92 Å². The lowest BCUT2D eigenvalue weighted by molar-refractivity contribution is -0.125. The van der Waals surface area contributed by atoms with Crippen LogP contribution in [0.5, 0.6) is 0 Å². The summed E-state index contributed by atoms with van der Waals surface area (Å²) in [4.78, 5) is 26.2. The molecule has 2 N–H and O–H groups in total. The van der Waals surface area contributed by atoms with Crippen LogP contribution in [0.15, 0.2) is 60.7 Å². The zero-order chi connectivity index (χ0) is 18.2. The third kappa shape index (κ3) is 5.34. The topological polar surface area (TPSA) is 61.4 Å². The van der Waals surface area contributed by atoms with Crippen LogP contribution in [-0.2, 0) is 16.0 Å². The molecule has 1 saturated heterocycles. The number of benzene rings is 2. The Balaban J connectivity index is 1.34. The summed E-state index contributed by atoms with van der Waals surface area (Å²) >= 11 is 0. The molecule has 136 valence electrons. The van der Waals surface area contributed by atoms with Crippen molar-refractivity contribution in [2.24, 2.45) is 5.92 Å². The van der Waals surface area contributed by atoms with Crippen molar-refractivity contribution >= 4 is 17.5 Å². The fourth-order valence-electron chi connectivity index (χ4n) is 3.22. The number of rotatable bonds is 7. The highest BCUT2D eigenvalue weighted by atomic mass is 16.2. The van der Waals surface area contributed by atoms with Crippen molar-refractivity contribution in [2.75, 3.05) is 31.1 Å². The van der Waals surface area contributed by atoms with Gasteiger partial charge in [0.2, 0.25) is 11.8 Å². The van der Waals surface area contributed by atoms with Gasteiger partial charge in [0, 0.05) is 25.3 Å². The van der Waals surface area contributed by atoms with Crippen molar-refractivity contribution in [3.8, 4) is 0 Å². The van der Waals surface area contributed by atoms with Crippen LogP contribution in [0.2, 0.25) is 0 Å². The number of carbonyl (C=O) groups is 2. The maximum absolute atomic E-state index is 12.0. The molecule has 1 fully saturated rings. The Hall–Kier alpha value is -2.82. The van der Waals surface area contributed by atoms with E-state index in [1.165, 1.54) is 5.69 Å². The van der Waals surface area contributed by atoms with Gasteiger partial charge in [-0.25, -0.2) is 0 Å². The minimum Gasteiger partial charge on any atom is -0.371 e. The van der Waals surface area contributed by atoms with Crippen LogP contribution in [0.1, 0.15) is 12.0 Å². The van der Waals surface area contributed by atoms with E-state index in [0.29, 0.717) is 18.9 Å². The normalized spacial score (nSPS) is 16.3. The van der Waals surface area contributed by atoms with Crippen LogP contribution in [0.25, 0.3) is 0 Å². The zero-order valence-electron chi connectivity index (χ0n) is 14.9. The largest absolute Gasteiger partial charge is 0.371 e. The number of para-hydroxylation sites is 1. The van der Waals surface area contributed by atoms with Crippen LogP contribution in [0.4, 0.5) is 5.69 Å². The first-order valence-corrected chi connectivity index (χ1v) is 9.08. The van der Waals surface area contributed by atoms with Crippen molar-refractivity contribution in [1.82, 2.24) is 10.6 Å². The standard InChI is InChI=1S/C21H25N3O2/c25-20(13-17-7-3-1-4-8-17)23-15-21(26)22-14-18-11-12-24(16-18)19-9-5-2-6-10-19/h1-10,18H,11-16H2,(H,22,26)(H,23,25). The van der Waals surface area contributed by atoms with E-state index in [0.717, 1.165) is 25.1 Å². The highest BCUT2D eigenvalue weighted by molar-refractivity contribution is 5.85. The first-order valence-electron chi connectivity index (χ1n) is 9.08. The number of anilines is 1. The molecule has 1 heterocycles. The van der Waals surface area contributed by atoms with E-state index in [4.69, 9.17) is 0 Å². The third-order valence-electron chi connectivity index (χ3n) is 4.65. The summed E-state index contributed by atoms with van der Waals surface area (Å²) in [6.07, 6.45) is 1.36. The van der Waals surface area contributed by atoms with E-state index in [1.54, 1.807) is 0 Å². The maximum atomic E-state index is 12.0. The van der Waals surface area contributed by atoms with Crippen LogP contribution in [0.3, 0.4) is 0 Å². The van der Waals surface area contributed by atoms with Gasteiger partial charge in [0.1, 0.15) is 0 Å². The minimum atomic E-state index is -0.137. The number of nitrogens with zero attached hydrogens (tertiary/aromatic N) is 1. The van der Waals surface area contributed by atoms with E-state index in [-0.39, 0.29) is 18.4 Å². The summed E-state index contributed by atoms with van der Waals surface area (Å²) in [6, 6.07) is 19.8. The Morgan fingerprint density at radius 2 is 1.62 bits per heavy atom. The fourth-order valence-corrected chi connectivity index (χ4v) is 3.22. The van der Waals surface area contributed by atoms with Crippen molar-refractivity contribution in [3.05, 3.63) is 66.2 Å². The minimum absolute atomic E-state index is 0.0286. The van der Waals surface area contributed by atoms with Gasteiger partial charge in [0.15, 0.2) is 0 Å². The van der Waals surface area contributed by atoms with E-state index in [1.807, 2.05) is 48.5 Å². The summed E-state index contributed by atoms with van der Waals surface area (Å²) in [6.45, 7) is 2.64. The van der Waals surface area contributed by atoms with Crippen molar-refractivity contribution in [1.29, 1.82) is 0 Å². The molecule has 3 rings (SSSR count). The quantitative estimate of drug-likeness (QED) is 0.802. The second-order valence-corrected chi connectivity index (χ2v) is 6.68. The van der Waals surface area contributed by atoms with E-state index >= 15 is 0 Å². The molecule has 1 aliphatic rings. The summed E-state index contributed by atoms with van der Waals surface area (Å²) in [7, 11) is 0. The Labute approximate surface area is 154 Å². The third-order valence-corrected chi connectivity index (χ3v) is 4.65. The predicted molar refractivity (Wildman–Crippen MR) is 103 cm³/mol. The monoisotopic (exact) mass is 351 g/mol. The van der Waals surface area contributed by atoms with Crippen molar-refractivity contribution < 1.29 is 9.59 Å². The van der Waals surface area contributed by atoms with Crippen LogP contribution in [-0.4, -0.2) is 38.0 Å². The second kappa shape index (κ2) is 9.04. The van der Waals surface area contributed by atoms with Crippen LogP contribution >= 0.6 is 0 Å². The molecule has 5 nitrogen and oxygen atoms in total. The summed E-state index contributed by atoms with van der Waals surface area (Å²) in [5, 5.41) is 5.62. The first-order chi connectivity index (χ1) is 12.7. The molecule has 2 aromatic rings. The number of hydrogen-bond donors (Lipinski definition) is 2. The highest BCUT2D eigenvalue weighted by Crippen LogP contribution is 2.22. The molecule has 26 heavy (non-hydrogen) atoms. The molecule has 2 amide bonds. The van der Waals surface area contributed by atoms with E-state index in [2.05, 4.69) is 27.7 Å². The fraction of sp³-hybridized carbons (Fsp3) is 0.333. The number of hydrogen-bond acceptors (Lipinski definition) is 3. The first kappa shape index (κ1) is 18.0. The van der Waals surface area contributed by atoms with E-state index < -0.39 is 0 Å². The molecule has 0 aliphatic carbocycles. The molecule has 0 spiro atoms. The van der Waals surface area contributed by atoms with Gasteiger partial charge in [-0.05, 0) is 30.0 Å². The molecule has 5 heteroatoms. The molecule has 2 aromatic carbocycles. The average molecular weight is 351 g/mol. The zero-order valence-corrected chi connectivity index (χ0v) is 14.9. The smallest absolute Gasteiger partial charge is 0.239 e. The van der Waals surface area contributed by atoms with Crippen molar-refractivity contribution in [2.45, 2.75) is 12.8 Å². The van der Waals surface area contributed by atoms with Gasteiger partial charge in [-0.3, -0.25) is 9.59 Å². The number of amides is 2. The van der Waals surface area contributed by atoms with Gasteiger partial charge in [-0.1, -0.05) is 48.5 Å². The number of carbonyl (C=O) groups excluding carboxylic acids is 2. The lowest BCUT2D eigenvalue weighted by atomic mass is 10.1. The predicted octanol–water partition coefficient (Wildman–Crippen LogP) is 1.99. The van der Waals surface area contributed by atoms with E-state index in [9.17, 15) is 9.59 Å². The average Bonchev–Trinajstić information content (AvgIpc) is 3.15. The molecular weight excluding hydrogens is 326 g/mol. The lowest BCUT2D eigenvalue weighted by Crippen LogP contribution is -2.39.